The minimum atomic E-state index is -0.444. The maximum atomic E-state index is 12.0. The molecule has 4 heteroatoms. The molecule has 0 aliphatic carbocycles. The summed E-state index contributed by atoms with van der Waals surface area (Å²) < 4.78 is 10.9. The maximum absolute atomic E-state index is 12.0. The van der Waals surface area contributed by atoms with Crippen LogP contribution in [-0.2, 0) is 9.47 Å². The van der Waals surface area contributed by atoms with Gasteiger partial charge in [0.15, 0.2) is 0 Å². The predicted molar refractivity (Wildman–Crippen MR) is 73.8 cm³/mol. The topological polar surface area (TPSA) is 38.8 Å². The molecule has 0 bridgehead atoms. The van der Waals surface area contributed by atoms with Gasteiger partial charge < -0.3 is 14.4 Å². The number of nitrogens with zero attached hydrogens (tertiary/aromatic N) is 1. The van der Waals surface area contributed by atoms with Gasteiger partial charge in [0.05, 0.1) is 12.7 Å². The Morgan fingerprint density at radius 1 is 1.22 bits per heavy atom. The number of rotatable bonds is 7. The fraction of sp³-hybridized carbons (Fsp3) is 0.929. The highest BCUT2D eigenvalue weighted by Gasteiger charge is 2.21. The third kappa shape index (κ3) is 9.28. The summed E-state index contributed by atoms with van der Waals surface area (Å²) >= 11 is 0. The Kier molecular flexibility index (Phi) is 8.00. The van der Waals surface area contributed by atoms with Gasteiger partial charge in [0.1, 0.15) is 5.60 Å². The Labute approximate surface area is 112 Å². The standard InChI is InChI=1S/C14H29NO3/c1-7-8-9-15(10-11-17-12(2)3)13(16)18-14(4,5)6/h12H,7-11H2,1-6H3. The molecular formula is C14H29NO3. The van der Waals surface area contributed by atoms with Gasteiger partial charge >= 0.3 is 6.09 Å². The van der Waals surface area contributed by atoms with Crippen LogP contribution in [0.1, 0.15) is 54.4 Å². The van der Waals surface area contributed by atoms with Crippen molar-refractivity contribution >= 4 is 6.09 Å². The number of amides is 1. The van der Waals surface area contributed by atoms with Crippen molar-refractivity contribution in [3.8, 4) is 0 Å². The van der Waals surface area contributed by atoms with Crippen LogP contribution in [0.4, 0.5) is 4.79 Å². The average molecular weight is 259 g/mol. The molecule has 108 valence electrons. The lowest BCUT2D eigenvalue weighted by Gasteiger charge is -2.27. The zero-order valence-electron chi connectivity index (χ0n) is 12.8. The summed E-state index contributed by atoms with van der Waals surface area (Å²) in [4.78, 5) is 13.7. The Balaban J connectivity index is 4.24. The number of carbonyl (C=O) groups excluding carboxylic acids is 1. The summed E-state index contributed by atoms with van der Waals surface area (Å²) in [5.41, 5.74) is -0.444. The van der Waals surface area contributed by atoms with Crippen LogP contribution in [0.5, 0.6) is 0 Å². The molecule has 0 fully saturated rings. The van der Waals surface area contributed by atoms with E-state index in [1.807, 2.05) is 34.6 Å². The van der Waals surface area contributed by atoms with Gasteiger partial charge in [-0.3, -0.25) is 0 Å². The molecule has 1 amide bonds. The fourth-order valence-electron chi connectivity index (χ4n) is 1.37. The number of unbranched alkanes of at least 4 members (excludes halogenated alkanes) is 1. The van der Waals surface area contributed by atoms with Crippen molar-refractivity contribution < 1.29 is 14.3 Å². The van der Waals surface area contributed by atoms with E-state index in [1.54, 1.807) is 4.90 Å². The van der Waals surface area contributed by atoms with Crippen molar-refractivity contribution in [3.05, 3.63) is 0 Å². The molecule has 0 saturated carbocycles. The van der Waals surface area contributed by atoms with E-state index >= 15 is 0 Å². The second kappa shape index (κ2) is 8.35. The first-order valence-electron chi connectivity index (χ1n) is 6.85. The lowest BCUT2D eigenvalue weighted by molar-refractivity contribution is 0.0115. The van der Waals surface area contributed by atoms with Crippen molar-refractivity contribution in [1.82, 2.24) is 4.90 Å². The molecule has 0 aromatic rings. The van der Waals surface area contributed by atoms with Crippen LogP contribution in [0.3, 0.4) is 0 Å². The van der Waals surface area contributed by atoms with E-state index in [-0.39, 0.29) is 12.2 Å². The molecule has 0 aliphatic rings. The molecule has 0 aromatic carbocycles. The zero-order valence-corrected chi connectivity index (χ0v) is 12.8. The summed E-state index contributed by atoms with van der Waals surface area (Å²) in [6.07, 6.45) is 1.99. The second-order valence-corrected chi connectivity index (χ2v) is 5.74. The largest absolute Gasteiger partial charge is 0.444 e. The molecule has 0 atom stereocenters. The van der Waals surface area contributed by atoms with Gasteiger partial charge in [0, 0.05) is 13.1 Å². The Hall–Kier alpha value is -0.770. The number of hydrogen-bond donors (Lipinski definition) is 0. The average Bonchev–Trinajstić information content (AvgIpc) is 2.19. The molecule has 18 heavy (non-hydrogen) atoms. The van der Waals surface area contributed by atoms with Gasteiger partial charge in [0.25, 0.3) is 0 Å². The molecule has 0 N–H and O–H groups in total. The summed E-state index contributed by atoms with van der Waals surface area (Å²) in [5.74, 6) is 0. The second-order valence-electron chi connectivity index (χ2n) is 5.74. The number of hydrogen-bond acceptors (Lipinski definition) is 3. The van der Waals surface area contributed by atoms with Crippen LogP contribution in [0.2, 0.25) is 0 Å². The van der Waals surface area contributed by atoms with Crippen LogP contribution < -0.4 is 0 Å². The van der Waals surface area contributed by atoms with Crippen molar-refractivity contribution in [2.45, 2.75) is 66.1 Å². The van der Waals surface area contributed by atoms with Crippen molar-refractivity contribution in [2.24, 2.45) is 0 Å². The van der Waals surface area contributed by atoms with Crippen molar-refractivity contribution in [3.63, 3.8) is 0 Å². The van der Waals surface area contributed by atoms with Crippen LogP contribution in [-0.4, -0.2) is 42.4 Å². The van der Waals surface area contributed by atoms with E-state index in [4.69, 9.17) is 9.47 Å². The lowest BCUT2D eigenvalue weighted by Crippen LogP contribution is -2.39. The van der Waals surface area contributed by atoms with Gasteiger partial charge in [-0.1, -0.05) is 13.3 Å². The summed E-state index contributed by atoms with van der Waals surface area (Å²) in [7, 11) is 0. The van der Waals surface area contributed by atoms with E-state index in [0.29, 0.717) is 13.2 Å². The first-order valence-corrected chi connectivity index (χ1v) is 6.85. The molecule has 0 rings (SSSR count). The van der Waals surface area contributed by atoms with Crippen molar-refractivity contribution in [2.75, 3.05) is 19.7 Å². The summed E-state index contributed by atoms with van der Waals surface area (Å²) in [5, 5.41) is 0. The number of ether oxygens (including phenoxy) is 2. The summed E-state index contributed by atoms with van der Waals surface area (Å²) in [6.45, 7) is 13.6. The Morgan fingerprint density at radius 3 is 2.28 bits per heavy atom. The smallest absolute Gasteiger partial charge is 0.410 e. The van der Waals surface area contributed by atoms with Gasteiger partial charge in [0.2, 0.25) is 0 Å². The van der Waals surface area contributed by atoms with E-state index in [9.17, 15) is 4.79 Å². The molecule has 4 nitrogen and oxygen atoms in total. The van der Waals surface area contributed by atoms with Gasteiger partial charge in [-0.2, -0.15) is 0 Å². The SMILES string of the molecule is CCCCN(CCOC(C)C)C(=O)OC(C)(C)C. The van der Waals surface area contributed by atoms with Crippen LogP contribution in [0.15, 0.2) is 0 Å². The molecule has 0 spiro atoms. The predicted octanol–water partition coefficient (Wildman–Crippen LogP) is 3.45. The molecule has 0 unspecified atom stereocenters. The van der Waals surface area contributed by atoms with Crippen LogP contribution in [0.25, 0.3) is 0 Å². The quantitative estimate of drug-likeness (QED) is 0.703. The Morgan fingerprint density at radius 2 is 1.83 bits per heavy atom. The first kappa shape index (κ1) is 17.2. The van der Waals surface area contributed by atoms with Gasteiger partial charge in [-0.25, -0.2) is 4.79 Å². The summed E-state index contributed by atoms with van der Waals surface area (Å²) in [6, 6.07) is 0. The molecular weight excluding hydrogens is 230 g/mol. The minimum absolute atomic E-state index is 0.191. The zero-order chi connectivity index (χ0) is 14.2. The van der Waals surface area contributed by atoms with E-state index in [0.717, 1.165) is 19.4 Å². The van der Waals surface area contributed by atoms with Gasteiger partial charge in [-0.05, 0) is 41.0 Å². The van der Waals surface area contributed by atoms with E-state index in [2.05, 4.69) is 6.92 Å². The van der Waals surface area contributed by atoms with E-state index < -0.39 is 5.60 Å². The third-order valence-corrected chi connectivity index (χ3v) is 2.25. The highest BCUT2D eigenvalue weighted by Crippen LogP contribution is 2.10. The third-order valence-electron chi connectivity index (χ3n) is 2.25. The van der Waals surface area contributed by atoms with Crippen LogP contribution >= 0.6 is 0 Å². The monoisotopic (exact) mass is 259 g/mol. The van der Waals surface area contributed by atoms with Crippen molar-refractivity contribution in [1.29, 1.82) is 0 Å². The highest BCUT2D eigenvalue weighted by atomic mass is 16.6. The molecule has 0 saturated heterocycles. The molecule has 0 aliphatic heterocycles. The minimum Gasteiger partial charge on any atom is -0.444 e. The Bertz CT molecular complexity index is 234. The maximum Gasteiger partial charge on any atom is 0.410 e. The molecule has 0 aromatic heterocycles. The number of carbonyl (C=O) groups is 1. The first-order chi connectivity index (χ1) is 8.26. The van der Waals surface area contributed by atoms with E-state index in [1.165, 1.54) is 0 Å². The highest BCUT2D eigenvalue weighted by molar-refractivity contribution is 5.68. The van der Waals surface area contributed by atoms with Gasteiger partial charge in [-0.15, -0.1) is 0 Å². The lowest BCUT2D eigenvalue weighted by atomic mass is 10.2. The normalized spacial score (nSPS) is 11.7. The molecule has 0 heterocycles. The fourth-order valence-corrected chi connectivity index (χ4v) is 1.37. The molecule has 0 radical (unpaired) electrons. The van der Waals surface area contributed by atoms with Crippen LogP contribution in [0, 0.1) is 0 Å².